The van der Waals surface area contributed by atoms with Crippen molar-refractivity contribution < 1.29 is 0 Å². The minimum absolute atomic E-state index is 0.450. The highest BCUT2D eigenvalue weighted by Gasteiger charge is 1.98. The van der Waals surface area contributed by atoms with Crippen molar-refractivity contribution in [2.45, 2.75) is 20.8 Å². The van der Waals surface area contributed by atoms with Gasteiger partial charge in [-0.15, -0.1) is 0 Å². The topological polar surface area (TPSA) is 26.0 Å². The third-order valence-corrected chi connectivity index (χ3v) is 1.74. The van der Waals surface area contributed by atoms with Gasteiger partial charge in [-0.3, -0.25) is 0 Å². The van der Waals surface area contributed by atoms with Gasteiger partial charge in [0, 0.05) is 11.1 Å². The van der Waals surface area contributed by atoms with E-state index in [4.69, 9.17) is 18.0 Å². The monoisotopic (exact) mass is 169 g/mol. The molecular formula is C9H15NS. The maximum absolute atomic E-state index is 5.61. The Morgan fingerprint density at radius 1 is 1.45 bits per heavy atom. The minimum Gasteiger partial charge on any atom is -0.399 e. The fourth-order valence-electron chi connectivity index (χ4n) is 0.613. The van der Waals surface area contributed by atoms with E-state index in [1.54, 1.807) is 5.37 Å². The second-order valence-corrected chi connectivity index (χ2v) is 2.94. The van der Waals surface area contributed by atoms with E-state index >= 15 is 0 Å². The van der Waals surface area contributed by atoms with Crippen molar-refractivity contribution in [3.05, 3.63) is 23.4 Å². The molecule has 0 rings (SSSR count). The Hall–Kier alpha value is -0.630. The molecule has 1 nitrogen and oxygen atoms in total. The lowest BCUT2D eigenvalue weighted by Gasteiger charge is -2.04. The molecule has 2 heteroatoms. The second-order valence-electron chi connectivity index (χ2n) is 2.71. The summed E-state index contributed by atoms with van der Waals surface area (Å²) in [6.45, 7) is 6.10. The van der Waals surface area contributed by atoms with Crippen LogP contribution in [0.4, 0.5) is 0 Å². The van der Waals surface area contributed by atoms with Gasteiger partial charge in [0.1, 0.15) is 0 Å². The summed E-state index contributed by atoms with van der Waals surface area (Å²) in [6.07, 6.45) is 3.78. The van der Waals surface area contributed by atoms with Crippen molar-refractivity contribution in [1.82, 2.24) is 0 Å². The summed E-state index contributed by atoms with van der Waals surface area (Å²) < 4.78 is 0. The first-order valence-electron chi connectivity index (χ1n) is 3.70. The molecule has 0 aromatic heterocycles. The van der Waals surface area contributed by atoms with E-state index < -0.39 is 0 Å². The van der Waals surface area contributed by atoms with E-state index in [-0.39, 0.29) is 0 Å². The van der Waals surface area contributed by atoms with Crippen LogP contribution >= 0.6 is 12.2 Å². The van der Waals surface area contributed by atoms with Crippen LogP contribution in [0.3, 0.4) is 0 Å². The van der Waals surface area contributed by atoms with Crippen LogP contribution in [0, 0.1) is 5.92 Å². The van der Waals surface area contributed by atoms with Gasteiger partial charge in [-0.25, -0.2) is 0 Å². The Morgan fingerprint density at radius 2 is 2.00 bits per heavy atom. The molecule has 0 heterocycles. The number of hydrogen-bond acceptors (Lipinski definition) is 2. The lowest BCUT2D eigenvalue weighted by molar-refractivity contribution is 0.807. The fourth-order valence-corrected chi connectivity index (χ4v) is 0.953. The number of allylic oxidation sites excluding steroid dienone is 3. The second kappa shape index (κ2) is 5.08. The zero-order chi connectivity index (χ0) is 8.85. The Labute approximate surface area is 74.0 Å². The minimum atomic E-state index is 0.450. The van der Waals surface area contributed by atoms with Crippen LogP contribution < -0.4 is 5.73 Å². The van der Waals surface area contributed by atoms with Crippen molar-refractivity contribution >= 4 is 17.6 Å². The van der Waals surface area contributed by atoms with E-state index in [1.165, 1.54) is 0 Å². The maximum atomic E-state index is 5.61. The molecule has 0 fully saturated rings. The van der Waals surface area contributed by atoms with E-state index in [1.807, 2.05) is 19.1 Å². The highest BCUT2D eigenvalue weighted by Crippen LogP contribution is 2.08. The molecule has 11 heavy (non-hydrogen) atoms. The summed E-state index contributed by atoms with van der Waals surface area (Å²) in [4.78, 5) is 0. The summed E-state index contributed by atoms with van der Waals surface area (Å²) in [7, 11) is 0. The molecule has 0 unspecified atom stereocenters. The van der Waals surface area contributed by atoms with Crippen molar-refractivity contribution in [2.24, 2.45) is 11.7 Å². The van der Waals surface area contributed by atoms with Gasteiger partial charge in [0.05, 0.1) is 0 Å². The van der Waals surface area contributed by atoms with Crippen LogP contribution in [-0.2, 0) is 0 Å². The van der Waals surface area contributed by atoms with Gasteiger partial charge >= 0.3 is 0 Å². The van der Waals surface area contributed by atoms with Crippen molar-refractivity contribution in [1.29, 1.82) is 0 Å². The standard InChI is InChI=1S/C9H15NS/c1-4-9(10)5-8(6-11)7(2)3/h4-7H,10H2,1-3H3/b8-5+,9-4+. The molecule has 0 atom stereocenters. The largest absolute Gasteiger partial charge is 0.399 e. The molecule has 0 saturated heterocycles. The van der Waals surface area contributed by atoms with Crippen LogP contribution in [0.2, 0.25) is 0 Å². The van der Waals surface area contributed by atoms with Crippen LogP contribution in [-0.4, -0.2) is 5.37 Å². The Morgan fingerprint density at radius 3 is 2.27 bits per heavy atom. The summed E-state index contributed by atoms with van der Waals surface area (Å²) in [5.74, 6) is 0.450. The molecule has 2 N–H and O–H groups in total. The average Bonchev–Trinajstić information content (AvgIpc) is 1.99. The SMILES string of the molecule is C/C=C(N)\C=C(/C=S)C(C)C. The molecule has 0 amide bonds. The lowest BCUT2D eigenvalue weighted by atomic mass is 10.0. The molecule has 0 spiro atoms. The first-order chi connectivity index (χ1) is 5.11. The van der Waals surface area contributed by atoms with E-state index in [9.17, 15) is 0 Å². The third kappa shape index (κ3) is 3.94. The van der Waals surface area contributed by atoms with Crippen molar-refractivity contribution in [3.63, 3.8) is 0 Å². The zero-order valence-corrected chi connectivity index (χ0v) is 8.11. The summed E-state index contributed by atoms with van der Waals surface area (Å²) in [5.41, 5.74) is 7.49. The molecule has 0 aliphatic heterocycles. The van der Waals surface area contributed by atoms with Gasteiger partial charge in [-0.2, -0.15) is 0 Å². The third-order valence-electron chi connectivity index (χ3n) is 1.47. The average molecular weight is 169 g/mol. The molecule has 0 aliphatic rings. The van der Waals surface area contributed by atoms with Gasteiger partial charge in [0.15, 0.2) is 0 Å². The number of thiocarbonyl (C=S) groups is 1. The van der Waals surface area contributed by atoms with Gasteiger partial charge in [0.2, 0.25) is 0 Å². The van der Waals surface area contributed by atoms with Crippen LogP contribution in [0.25, 0.3) is 0 Å². The molecule has 0 bridgehead atoms. The first kappa shape index (κ1) is 10.4. The number of rotatable bonds is 3. The first-order valence-corrected chi connectivity index (χ1v) is 4.17. The van der Waals surface area contributed by atoms with Gasteiger partial charge in [0.25, 0.3) is 0 Å². The molecular weight excluding hydrogens is 154 g/mol. The maximum Gasteiger partial charge on any atom is 0.0273 e. The number of nitrogens with two attached hydrogens (primary N) is 1. The quantitative estimate of drug-likeness (QED) is 0.399. The van der Waals surface area contributed by atoms with Gasteiger partial charge in [-0.1, -0.05) is 32.1 Å². The fraction of sp³-hybridized carbons (Fsp3) is 0.444. The van der Waals surface area contributed by atoms with Crippen LogP contribution in [0.15, 0.2) is 23.4 Å². The summed E-state index contributed by atoms with van der Waals surface area (Å²) in [5, 5.41) is 1.68. The van der Waals surface area contributed by atoms with Gasteiger partial charge < -0.3 is 5.73 Å². The Kier molecular flexibility index (Phi) is 4.79. The molecule has 0 radical (unpaired) electrons. The summed E-state index contributed by atoms with van der Waals surface area (Å²) in [6, 6.07) is 0. The highest BCUT2D eigenvalue weighted by atomic mass is 32.1. The Balaban J connectivity index is 4.48. The van der Waals surface area contributed by atoms with Crippen LogP contribution in [0.5, 0.6) is 0 Å². The van der Waals surface area contributed by atoms with Crippen molar-refractivity contribution in [2.75, 3.05) is 0 Å². The molecule has 0 aromatic carbocycles. The van der Waals surface area contributed by atoms with Crippen LogP contribution in [0.1, 0.15) is 20.8 Å². The Bertz CT molecular complexity index is 190. The number of hydrogen-bond donors (Lipinski definition) is 1. The highest BCUT2D eigenvalue weighted by molar-refractivity contribution is 7.79. The van der Waals surface area contributed by atoms with Gasteiger partial charge in [-0.05, 0) is 24.5 Å². The predicted molar refractivity (Wildman–Crippen MR) is 54.5 cm³/mol. The van der Waals surface area contributed by atoms with E-state index in [0.29, 0.717) is 5.92 Å². The zero-order valence-electron chi connectivity index (χ0n) is 7.29. The smallest absolute Gasteiger partial charge is 0.0273 e. The van der Waals surface area contributed by atoms with E-state index in [0.717, 1.165) is 11.3 Å². The molecule has 62 valence electrons. The molecule has 0 aromatic rings. The summed E-state index contributed by atoms with van der Waals surface area (Å²) >= 11 is 4.84. The lowest BCUT2D eigenvalue weighted by Crippen LogP contribution is -1.99. The molecule has 0 aliphatic carbocycles. The normalized spacial score (nSPS) is 13.8. The van der Waals surface area contributed by atoms with E-state index in [2.05, 4.69) is 13.8 Å². The predicted octanol–water partition coefficient (Wildman–Crippen LogP) is 2.43. The van der Waals surface area contributed by atoms with Crippen molar-refractivity contribution in [3.8, 4) is 0 Å². The molecule has 0 saturated carbocycles.